The van der Waals surface area contributed by atoms with Crippen molar-refractivity contribution in [1.29, 1.82) is 0 Å². The van der Waals surface area contributed by atoms with Crippen molar-refractivity contribution in [3.05, 3.63) is 10.8 Å². The molecule has 1 rings (SSSR count). The fraction of sp³-hybridized carbons (Fsp3) is 0.833. The first-order chi connectivity index (χ1) is 6.93. The van der Waals surface area contributed by atoms with Crippen LogP contribution in [0.25, 0.3) is 0 Å². The summed E-state index contributed by atoms with van der Waals surface area (Å²) in [6, 6.07) is 0. The molecule has 88 valence electrons. The fourth-order valence-electron chi connectivity index (χ4n) is 2.71. The summed E-state index contributed by atoms with van der Waals surface area (Å²) in [5, 5.41) is 1.66. The van der Waals surface area contributed by atoms with E-state index >= 15 is 0 Å². The zero-order valence-corrected chi connectivity index (χ0v) is 11.9. The molecule has 0 saturated heterocycles. The van der Waals surface area contributed by atoms with Crippen molar-refractivity contribution in [1.82, 2.24) is 0 Å². The number of methoxy groups -OCH3 is 1. The van der Waals surface area contributed by atoms with Crippen LogP contribution >= 0.6 is 0 Å². The highest BCUT2D eigenvalue weighted by molar-refractivity contribution is 6.83. The van der Waals surface area contributed by atoms with Crippen molar-refractivity contribution in [2.24, 2.45) is 5.92 Å². The van der Waals surface area contributed by atoms with Crippen LogP contribution in [0.15, 0.2) is 10.8 Å². The van der Waals surface area contributed by atoms with Crippen LogP contribution in [0.4, 0.5) is 0 Å². The molecule has 0 amide bonds. The van der Waals surface area contributed by atoms with Gasteiger partial charge in [0, 0.05) is 19.6 Å². The van der Waals surface area contributed by atoms with Gasteiger partial charge in [-0.05, 0) is 12.5 Å². The maximum atomic E-state index is 5.76. The van der Waals surface area contributed by atoms with Crippen molar-refractivity contribution < 1.29 is 9.47 Å². The lowest BCUT2D eigenvalue weighted by Gasteiger charge is -2.45. The van der Waals surface area contributed by atoms with Crippen LogP contribution in [0.2, 0.25) is 19.6 Å². The van der Waals surface area contributed by atoms with Crippen molar-refractivity contribution in [3.8, 4) is 0 Å². The molecule has 0 bridgehead atoms. The third-order valence-corrected chi connectivity index (χ3v) is 5.45. The van der Waals surface area contributed by atoms with Crippen molar-refractivity contribution in [2.45, 2.75) is 39.6 Å². The second-order valence-electron chi connectivity index (χ2n) is 5.29. The summed E-state index contributed by atoms with van der Waals surface area (Å²) < 4.78 is 11.0. The van der Waals surface area contributed by atoms with E-state index in [1.807, 2.05) is 0 Å². The smallest absolute Gasteiger partial charge is 0.0865 e. The second-order valence-corrected chi connectivity index (χ2v) is 10.3. The summed E-state index contributed by atoms with van der Waals surface area (Å²) in [4.78, 5) is 0. The predicted octanol–water partition coefficient (Wildman–Crippen LogP) is 2.86. The molecule has 0 fully saturated rings. The Bertz CT molecular complexity index is 253. The van der Waals surface area contributed by atoms with Crippen LogP contribution in [0.3, 0.4) is 0 Å². The second kappa shape index (κ2) is 4.81. The van der Waals surface area contributed by atoms with Crippen LogP contribution < -0.4 is 0 Å². The molecule has 3 heteroatoms. The third-order valence-electron chi connectivity index (χ3n) is 3.05. The van der Waals surface area contributed by atoms with Gasteiger partial charge in [0.05, 0.1) is 20.8 Å². The Morgan fingerprint density at radius 1 is 1.27 bits per heavy atom. The molecule has 0 aromatic rings. The maximum absolute atomic E-state index is 5.76. The average Bonchev–Trinajstić information content (AvgIpc) is 2.11. The molecule has 0 N–H and O–H groups in total. The summed E-state index contributed by atoms with van der Waals surface area (Å²) in [5.74, 6) is 0.599. The van der Waals surface area contributed by atoms with Crippen LogP contribution in [0, 0.1) is 5.92 Å². The Hall–Kier alpha value is -0.123. The molecular weight excluding hydrogens is 204 g/mol. The Kier molecular flexibility index (Phi) is 4.15. The van der Waals surface area contributed by atoms with Crippen LogP contribution in [-0.2, 0) is 9.47 Å². The van der Waals surface area contributed by atoms with Crippen LogP contribution in [0.1, 0.15) is 13.8 Å². The maximum Gasteiger partial charge on any atom is 0.0865 e. The van der Waals surface area contributed by atoms with Gasteiger partial charge in [-0.15, -0.1) is 0 Å². The molecule has 2 atom stereocenters. The van der Waals surface area contributed by atoms with E-state index < -0.39 is 8.07 Å². The fourth-order valence-corrected chi connectivity index (χ4v) is 5.40. The van der Waals surface area contributed by atoms with E-state index in [9.17, 15) is 0 Å². The highest BCUT2D eigenvalue weighted by atomic mass is 28.3. The van der Waals surface area contributed by atoms with E-state index in [0.29, 0.717) is 12.0 Å². The lowest BCUT2D eigenvalue weighted by atomic mass is 9.84. The van der Waals surface area contributed by atoms with Gasteiger partial charge in [-0.2, -0.15) is 0 Å². The summed E-state index contributed by atoms with van der Waals surface area (Å²) in [6.07, 6.45) is 0.316. The Morgan fingerprint density at radius 3 is 2.27 bits per heavy atom. The van der Waals surface area contributed by atoms with Gasteiger partial charge in [-0.3, -0.25) is 0 Å². The molecule has 1 aliphatic carbocycles. The molecule has 1 aliphatic rings. The molecule has 0 saturated carbocycles. The zero-order valence-electron chi connectivity index (χ0n) is 10.9. The average molecular weight is 228 g/mol. The van der Waals surface area contributed by atoms with E-state index in [1.165, 1.54) is 5.57 Å². The summed E-state index contributed by atoms with van der Waals surface area (Å²) in [6.45, 7) is 13.1. The van der Waals surface area contributed by atoms with Gasteiger partial charge in [-0.25, -0.2) is 0 Å². The number of hydrogen-bond acceptors (Lipinski definition) is 2. The molecule has 0 unspecified atom stereocenters. The first-order valence-electron chi connectivity index (χ1n) is 5.77. The quantitative estimate of drug-likeness (QED) is 0.674. The molecule has 0 spiro atoms. The van der Waals surface area contributed by atoms with E-state index in [0.717, 1.165) is 13.2 Å². The topological polar surface area (TPSA) is 18.5 Å². The minimum absolute atomic E-state index is 0.316. The summed E-state index contributed by atoms with van der Waals surface area (Å²) in [5.41, 5.74) is 1.42. The van der Waals surface area contributed by atoms with E-state index in [-0.39, 0.29) is 0 Å². The van der Waals surface area contributed by atoms with Crippen molar-refractivity contribution in [2.75, 3.05) is 20.3 Å². The first kappa shape index (κ1) is 12.9. The third kappa shape index (κ3) is 2.52. The summed E-state index contributed by atoms with van der Waals surface area (Å²) in [7, 11) is 0.576. The van der Waals surface area contributed by atoms with E-state index in [4.69, 9.17) is 9.47 Å². The molecule has 0 radical (unpaired) electrons. The Balaban J connectivity index is 2.88. The monoisotopic (exact) mass is 228 g/mol. The van der Waals surface area contributed by atoms with Gasteiger partial charge in [-0.1, -0.05) is 31.8 Å². The van der Waals surface area contributed by atoms with Gasteiger partial charge in [0.1, 0.15) is 0 Å². The highest BCUT2D eigenvalue weighted by Crippen LogP contribution is 2.42. The lowest BCUT2D eigenvalue weighted by molar-refractivity contribution is 0.0311. The highest BCUT2D eigenvalue weighted by Gasteiger charge is 2.43. The number of hydrogen-bond donors (Lipinski definition) is 0. The SMILES string of the molecule is CCO[C@H]1C(COC)=C([Si](C)(C)C)[C@@H]1C. The zero-order chi connectivity index (χ0) is 11.6. The van der Waals surface area contributed by atoms with Crippen molar-refractivity contribution in [3.63, 3.8) is 0 Å². The molecule has 0 heterocycles. The van der Waals surface area contributed by atoms with Gasteiger partial charge in [0.25, 0.3) is 0 Å². The standard InChI is InChI=1S/C12H24O2Si/c1-7-14-11-9(2)12(15(4,5)6)10(11)8-13-3/h9,11H,7-8H2,1-6H3/t9-,11-/m1/s1. The molecule has 0 aromatic heterocycles. The largest absolute Gasteiger partial charge is 0.380 e. The number of rotatable bonds is 5. The van der Waals surface area contributed by atoms with Crippen LogP contribution in [-0.4, -0.2) is 34.5 Å². The molecular formula is C12H24O2Si. The normalized spacial score (nSPS) is 26.8. The minimum Gasteiger partial charge on any atom is -0.380 e. The van der Waals surface area contributed by atoms with Gasteiger partial charge < -0.3 is 9.47 Å². The lowest BCUT2D eigenvalue weighted by Crippen LogP contribution is -2.47. The minimum atomic E-state index is -1.19. The molecule has 0 aliphatic heterocycles. The van der Waals surface area contributed by atoms with Crippen molar-refractivity contribution >= 4 is 8.07 Å². The van der Waals surface area contributed by atoms with Crippen LogP contribution in [0.5, 0.6) is 0 Å². The van der Waals surface area contributed by atoms with Gasteiger partial charge in [0.15, 0.2) is 0 Å². The predicted molar refractivity (Wildman–Crippen MR) is 66.8 cm³/mol. The molecule has 0 aromatic carbocycles. The van der Waals surface area contributed by atoms with E-state index in [1.54, 1.807) is 12.3 Å². The molecule has 15 heavy (non-hydrogen) atoms. The summed E-state index contributed by atoms with van der Waals surface area (Å²) >= 11 is 0. The van der Waals surface area contributed by atoms with Gasteiger partial charge >= 0.3 is 0 Å². The number of ether oxygens (including phenoxy) is 2. The van der Waals surface area contributed by atoms with E-state index in [2.05, 4.69) is 33.5 Å². The van der Waals surface area contributed by atoms with Gasteiger partial charge in [0.2, 0.25) is 0 Å². The Morgan fingerprint density at radius 2 is 1.87 bits per heavy atom. The Labute approximate surface area is 94.7 Å². The first-order valence-corrected chi connectivity index (χ1v) is 9.27. The molecule has 2 nitrogen and oxygen atoms in total.